The molecule has 0 aromatic heterocycles. The molecule has 0 N–H and O–H groups in total. The Morgan fingerprint density at radius 2 is 1.48 bits per heavy atom. The van der Waals surface area contributed by atoms with Crippen LogP contribution in [-0.2, 0) is 25.7 Å². The smallest absolute Gasteiger partial charge is 0.204 e. The molecule has 0 unspecified atom stereocenters. The summed E-state index contributed by atoms with van der Waals surface area (Å²) in [4.78, 5) is 4.62. The Morgan fingerprint density at radius 1 is 0.771 bits per heavy atom. The van der Waals surface area contributed by atoms with Crippen molar-refractivity contribution in [3.63, 3.8) is 0 Å². The summed E-state index contributed by atoms with van der Waals surface area (Å²) in [6.07, 6.45) is 3.35. The maximum Gasteiger partial charge on any atom is 0.204 e. The summed E-state index contributed by atoms with van der Waals surface area (Å²) in [5.41, 5.74) is 7.13. The lowest BCUT2D eigenvalue weighted by Gasteiger charge is -2.35. The summed E-state index contributed by atoms with van der Waals surface area (Å²) in [7, 11) is 13.1. The minimum atomic E-state index is 0.0611. The molecular weight excluding hydrogens is 604 g/mol. The molecule has 6 bridgehead atoms. The van der Waals surface area contributed by atoms with Gasteiger partial charge in [-0.2, -0.15) is 0 Å². The van der Waals surface area contributed by atoms with E-state index in [1.165, 1.54) is 16.7 Å². The topological polar surface area (TPSA) is 61.9 Å². The summed E-state index contributed by atoms with van der Waals surface area (Å²) in [5, 5.41) is 0. The van der Waals surface area contributed by atoms with Gasteiger partial charge in [0.05, 0.1) is 28.4 Å². The molecule has 7 rings (SSSR count). The maximum atomic E-state index is 6.81. The molecule has 2 atom stereocenters. The van der Waals surface area contributed by atoms with Crippen LogP contribution in [0.25, 0.3) is 0 Å². The van der Waals surface area contributed by atoms with Crippen LogP contribution in [0.2, 0.25) is 0 Å². The lowest BCUT2D eigenvalue weighted by Crippen LogP contribution is -2.33. The van der Waals surface area contributed by atoms with Gasteiger partial charge in [-0.25, -0.2) is 0 Å². The maximum absolute atomic E-state index is 6.81. The Bertz CT molecular complexity index is 1750. The van der Waals surface area contributed by atoms with Crippen molar-refractivity contribution in [2.45, 2.75) is 44.6 Å². The van der Waals surface area contributed by atoms with E-state index in [1.54, 1.807) is 28.4 Å². The van der Waals surface area contributed by atoms with E-state index in [0.29, 0.717) is 40.2 Å². The first-order valence-electron chi connectivity index (χ1n) is 16.7. The molecule has 0 saturated carbocycles. The van der Waals surface area contributed by atoms with Crippen molar-refractivity contribution in [3.05, 3.63) is 94.0 Å². The van der Waals surface area contributed by atoms with Gasteiger partial charge in [-0.05, 0) is 123 Å². The fourth-order valence-electron chi connectivity index (χ4n) is 7.10. The Balaban J connectivity index is 1.55. The highest BCUT2D eigenvalue weighted by Gasteiger charge is 2.29. The van der Waals surface area contributed by atoms with Crippen LogP contribution in [0.15, 0.2) is 60.7 Å². The average Bonchev–Trinajstić information content (AvgIpc) is 3.08. The summed E-state index contributed by atoms with van der Waals surface area (Å²) >= 11 is 0. The molecule has 0 fully saturated rings. The molecule has 0 aliphatic carbocycles. The quantitative estimate of drug-likeness (QED) is 0.200. The SMILES string of the molecule is COc1ccc2cc1Oc1cc3c(cc1OC)CCN(C)[C@H]3Cc1ccc(cc1)Oc1c(OC)c(OC)cc(CCN(C)C)c1[C@H](C)C2. The van der Waals surface area contributed by atoms with Crippen molar-refractivity contribution >= 4 is 0 Å². The molecule has 0 saturated heterocycles. The molecule has 254 valence electrons. The van der Waals surface area contributed by atoms with Crippen molar-refractivity contribution in [1.29, 1.82) is 0 Å². The fraction of sp³-hybridized carbons (Fsp3) is 0.400. The number of ether oxygens (including phenoxy) is 6. The molecule has 4 aromatic rings. The van der Waals surface area contributed by atoms with Crippen LogP contribution in [0.1, 0.15) is 52.3 Å². The fourth-order valence-corrected chi connectivity index (χ4v) is 7.10. The number of rotatable bonds is 7. The second-order valence-corrected chi connectivity index (χ2v) is 13.2. The number of hydrogen-bond donors (Lipinski definition) is 0. The van der Waals surface area contributed by atoms with E-state index >= 15 is 0 Å². The van der Waals surface area contributed by atoms with Gasteiger partial charge in [0.25, 0.3) is 0 Å². The van der Waals surface area contributed by atoms with Crippen LogP contribution in [0.4, 0.5) is 0 Å². The Hall–Kier alpha value is -4.40. The number of methoxy groups -OCH3 is 4. The monoisotopic (exact) mass is 652 g/mol. The van der Waals surface area contributed by atoms with Gasteiger partial charge in [0.15, 0.2) is 34.5 Å². The predicted octanol–water partition coefficient (Wildman–Crippen LogP) is 7.84. The molecular formula is C40H48N2O6. The molecule has 0 radical (unpaired) electrons. The third-order valence-corrected chi connectivity index (χ3v) is 9.68. The van der Waals surface area contributed by atoms with Gasteiger partial charge in [-0.15, -0.1) is 0 Å². The third-order valence-electron chi connectivity index (χ3n) is 9.68. The lowest BCUT2D eigenvalue weighted by atomic mass is 9.87. The lowest BCUT2D eigenvalue weighted by molar-refractivity contribution is 0.228. The number of hydrogen-bond acceptors (Lipinski definition) is 8. The van der Waals surface area contributed by atoms with E-state index in [9.17, 15) is 0 Å². The summed E-state index contributed by atoms with van der Waals surface area (Å²) in [6.45, 7) is 4.08. The molecule has 3 aliphatic heterocycles. The van der Waals surface area contributed by atoms with Gasteiger partial charge in [0.2, 0.25) is 5.75 Å². The van der Waals surface area contributed by atoms with Crippen LogP contribution >= 0.6 is 0 Å². The van der Waals surface area contributed by atoms with E-state index < -0.39 is 0 Å². The standard InChI is InChI=1S/C40H48N2O6/c1-25-19-27-11-14-33(43-5)35(21-27)48-36-24-31-28(22-34(36)44-6)16-18-42(4)32(31)20-26-9-12-30(13-10-26)47-40-38(25)29(15-17-41(2)3)23-37(45-7)39(40)46-8/h9-14,21-25,32H,15-20H2,1-8H3/t25-,32+/m1/s1. The first-order valence-corrected chi connectivity index (χ1v) is 16.7. The molecule has 48 heavy (non-hydrogen) atoms. The second-order valence-electron chi connectivity index (χ2n) is 13.2. The largest absolute Gasteiger partial charge is 0.493 e. The van der Waals surface area contributed by atoms with E-state index in [4.69, 9.17) is 28.4 Å². The summed E-state index contributed by atoms with van der Waals surface area (Å²) in [6, 6.07) is 21.2. The van der Waals surface area contributed by atoms with E-state index in [0.717, 1.165) is 61.2 Å². The van der Waals surface area contributed by atoms with Crippen LogP contribution in [0, 0.1) is 0 Å². The van der Waals surface area contributed by atoms with Crippen molar-refractivity contribution in [2.75, 3.05) is 62.7 Å². The van der Waals surface area contributed by atoms with E-state index in [2.05, 4.69) is 92.5 Å². The van der Waals surface area contributed by atoms with Gasteiger partial charge in [0.1, 0.15) is 5.75 Å². The highest BCUT2D eigenvalue weighted by Crippen LogP contribution is 2.49. The number of nitrogens with zero attached hydrogens (tertiary/aromatic N) is 2. The Morgan fingerprint density at radius 3 is 2.17 bits per heavy atom. The molecule has 0 amide bonds. The van der Waals surface area contributed by atoms with Gasteiger partial charge in [0, 0.05) is 24.7 Å². The third kappa shape index (κ3) is 6.78. The van der Waals surface area contributed by atoms with Crippen molar-refractivity contribution in [2.24, 2.45) is 0 Å². The number of likely N-dealkylation sites (N-methyl/N-ethyl adjacent to an activating group) is 2. The molecule has 3 heterocycles. The minimum absolute atomic E-state index is 0.0611. The summed E-state index contributed by atoms with van der Waals surface area (Å²) < 4.78 is 37.1. The van der Waals surface area contributed by atoms with E-state index in [1.807, 2.05) is 6.07 Å². The normalized spacial score (nSPS) is 17.4. The van der Waals surface area contributed by atoms with Gasteiger partial charge < -0.3 is 33.3 Å². The second kappa shape index (κ2) is 14.4. The first-order chi connectivity index (χ1) is 23.2. The zero-order valence-corrected chi connectivity index (χ0v) is 29.5. The Labute approximate surface area is 285 Å². The first kappa shape index (κ1) is 33.5. The van der Waals surface area contributed by atoms with Gasteiger partial charge in [-0.1, -0.05) is 25.1 Å². The number of fused-ring (bicyclic) bond motifs is 3. The molecule has 0 spiro atoms. The van der Waals surface area contributed by atoms with Crippen molar-refractivity contribution in [1.82, 2.24) is 9.80 Å². The molecule has 8 nitrogen and oxygen atoms in total. The molecule has 8 heteroatoms. The van der Waals surface area contributed by atoms with Crippen molar-refractivity contribution in [3.8, 4) is 46.0 Å². The Kier molecular flexibility index (Phi) is 10.0. The van der Waals surface area contributed by atoms with Gasteiger partial charge >= 0.3 is 0 Å². The van der Waals surface area contributed by atoms with Crippen LogP contribution < -0.4 is 28.4 Å². The predicted molar refractivity (Wildman–Crippen MR) is 189 cm³/mol. The minimum Gasteiger partial charge on any atom is -0.493 e. The average molecular weight is 653 g/mol. The van der Waals surface area contributed by atoms with Crippen LogP contribution in [0.3, 0.4) is 0 Å². The molecule has 4 aromatic carbocycles. The summed E-state index contributed by atoms with van der Waals surface area (Å²) in [5.74, 6) is 5.45. The van der Waals surface area contributed by atoms with Gasteiger partial charge in [-0.3, -0.25) is 4.90 Å². The zero-order chi connectivity index (χ0) is 33.9. The highest BCUT2D eigenvalue weighted by molar-refractivity contribution is 5.62. The van der Waals surface area contributed by atoms with Crippen LogP contribution in [-0.4, -0.2) is 72.5 Å². The van der Waals surface area contributed by atoms with Crippen LogP contribution in [0.5, 0.6) is 46.0 Å². The highest BCUT2D eigenvalue weighted by atomic mass is 16.5. The zero-order valence-electron chi connectivity index (χ0n) is 29.5. The molecule has 3 aliphatic rings. The van der Waals surface area contributed by atoms with E-state index in [-0.39, 0.29) is 12.0 Å². The number of benzene rings is 4. The van der Waals surface area contributed by atoms with Crippen molar-refractivity contribution < 1.29 is 28.4 Å².